The van der Waals surface area contributed by atoms with Crippen LogP contribution in [0.3, 0.4) is 0 Å². The van der Waals surface area contributed by atoms with E-state index in [1.54, 1.807) is 7.11 Å². The van der Waals surface area contributed by atoms with Crippen molar-refractivity contribution in [1.82, 2.24) is 9.55 Å². The molecule has 102 valence electrons. The number of rotatable bonds is 3. The number of hydrogen-bond donors (Lipinski definition) is 1. The third kappa shape index (κ3) is 2.38. The van der Waals surface area contributed by atoms with Crippen LogP contribution >= 0.6 is 0 Å². The molecule has 19 heavy (non-hydrogen) atoms. The number of nitrogen functional groups attached to an aromatic ring is 1. The number of methoxy groups -OCH3 is 1. The number of nitrogens with two attached hydrogens (primary N) is 1. The van der Waals surface area contributed by atoms with Gasteiger partial charge in [-0.05, 0) is 30.9 Å². The summed E-state index contributed by atoms with van der Waals surface area (Å²) in [6, 6.07) is 5.90. The number of hydrogen-bond acceptors (Lipinski definition) is 4. The lowest BCUT2D eigenvalue weighted by Gasteiger charge is -2.23. The molecule has 1 aromatic heterocycles. The van der Waals surface area contributed by atoms with Crippen molar-refractivity contribution in [2.24, 2.45) is 5.92 Å². The van der Waals surface area contributed by atoms with Gasteiger partial charge in [0, 0.05) is 25.8 Å². The lowest BCUT2D eigenvalue weighted by Crippen LogP contribution is -2.21. The van der Waals surface area contributed by atoms with Crippen molar-refractivity contribution >= 4 is 17.0 Å². The number of ether oxygens (including phenoxy) is 2. The van der Waals surface area contributed by atoms with Gasteiger partial charge >= 0.3 is 0 Å². The first-order chi connectivity index (χ1) is 9.28. The van der Waals surface area contributed by atoms with Gasteiger partial charge in [-0.1, -0.05) is 0 Å². The van der Waals surface area contributed by atoms with Crippen molar-refractivity contribution in [2.75, 3.05) is 26.1 Å². The molecule has 1 aliphatic heterocycles. The van der Waals surface area contributed by atoms with Crippen LogP contribution in [0, 0.1) is 5.92 Å². The van der Waals surface area contributed by atoms with E-state index in [2.05, 4.69) is 9.55 Å². The standard InChI is InChI=1S/C14H19N3O2/c1-18-11-2-3-13-12(8-11)16-14(15)17(13)9-10-4-6-19-7-5-10/h2-3,8,10H,4-7,9H2,1H3,(H2,15,16). The van der Waals surface area contributed by atoms with Gasteiger partial charge in [0.2, 0.25) is 5.95 Å². The fraction of sp³-hybridized carbons (Fsp3) is 0.500. The summed E-state index contributed by atoms with van der Waals surface area (Å²) in [7, 11) is 1.66. The first kappa shape index (κ1) is 12.3. The molecule has 1 aromatic carbocycles. The lowest BCUT2D eigenvalue weighted by atomic mass is 10.0. The molecule has 2 N–H and O–H groups in total. The Bertz CT molecular complexity index is 573. The van der Waals surface area contributed by atoms with Gasteiger partial charge in [0.05, 0.1) is 18.1 Å². The molecule has 5 heteroatoms. The molecule has 1 aliphatic rings. The van der Waals surface area contributed by atoms with Gasteiger partial charge in [-0.3, -0.25) is 0 Å². The maximum absolute atomic E-state index is 6.04. The van der Waals surface area contributed by atoms with Crippen LogP contribution in [0.25, 0.3) is 11.0 Å². The fourth-order valence-corrected chi connectivity index (χ4v) is 2.63. The van der Waals surface area contributed by atoms with Gasteiger partial charge in [0.15, 0.2) is 0 Å². The highest BCUT2D eigenvalue weighted by Gasteiger charge is 2.17. The molecule has 0 spiro atoms. The van der Waals surface area contributed by atoms with E-state index >= 15 is 0 Å². The Morgan fingerprint density at radius 3 is 2.95 bits per heavy atom. The zero-order valence-corrected chi connectivity index (χ0v) is 11.1. The summed E-state index contributed by atoms with van der Waals surface area (Å²) in [5, 5.41) is 0. The second kappa shape index (κ2) is 5.09. The average Bonchev–Trinajstić information content (AvgIpc) is 2.75. The van der Waals surface area contributed by atoms with Crippen LogP contribution in [0.2, 0.25) is 0 Å². The first-order valence-corrected chi connectivity index (χ1v) is 6.65. The summed E-state index contributed by atoms with van der Waals surface area (Å²) in [6.45, 7) is 2.62. The molecule has 0 bridgehead atoms. The molecule has 1 fully saturated rings. The predicted octanol–water partition coefficient (Wildman–Crippen LogP) is 2.05. The van der Waals surface area contributed by atoms with E-state index in [0.29, 0.717) is 11.9 Å². The van der Waals surface area contributed by atoms with Crippen molar-refractivity contribution < 1.29 is 9.47 Å². The van der Waals surface area contributed by atoms with Crippen LogP contribution in [0.1, 0.15) is 12.8 Å². The van der Waals surface area contributed by atoms with Gasteiger partial charge in [0.25, 0.3) is 0 Å². The second-order valence-electron chi connectivity index (χ2n) is 4.99. The molecule has 0 atom stereocenters. The number of fused-ring (bicyclic) bond motifs is 1. The fourth-order valence-electron chi connectivity index (χ4n) is 2.63. The maximum atomic E-state index is 6.04. The third-order valence-corrected chi connectivity index (χ3v) is 3.77. The Hall–Kier alpha value is -1.75. The Balaban J connectivity index is 1.91. The molecule has 2 aromatic rings. The van der Waals surface area contributed by atoms with Gasteiger partial charge < -0.3 is 19.8 Å². The Kier molecular flexibility index (Phi) is 3.29. The molecule has 1 saturated heterocycles. The molecule has 0 amide bonds. The molecule has 2 heterocycles. The topological polar surface area (TPSA) is 62.3 Å². The highest BCUT2D eigenvalue weighted by molar-refractivity contribution is 5.79. The SMILES string of the molecule is COc1ccc2c(c1)nc(N)n2CC1CCOCC1. The van der Waals surface area contributed by atoms with Crippen LogP contribution in [0.15, 0.2) is 18.2 Å². The minimum atomic E-state index is 0.578. The van der Waals surface area contributed by atoms with Crippen molar-refractivity contribution in [3.05, 3.63) is 18.2 Å². The van der Waals surface area contributed by atoms with E-state index in [-0.39, 0.29) is 0 Å². The highest BCUT2D eigenvalue weighted by Crippen LogP contribution is 2.26. The smallest absolute Gasteiger partial charge is 0.201 e. The van der Waals surface area contributed by atoms with E-state index in [0.717, 1.165) is 49.4 Å². The van der Waals surface area contributed by atoms with Gasteiger partial charge in [-0.2, -0.15) is 0 Å². The highest BCUT2D eigenvalue weighted by atomic mass is 16.5. The third-order valence-electron chi connectivity index (χ3n) is 3.77. The summed E-state index contributed by atoms with van der Waals surface area (Å²) in [6.07, 6.45) is 2.19. The van der Waals surface area contributed by atoms with E-state index in [1.165, 1.54) is 0 Å². The molecular formula is C14H19N3O2. The Labute approximate surface area is 112 Å². The minimum Gasteiger partial charge on any atom is -0.497 e. The van der Waals surface area contributed by atoms with Crippen LogP contribution in [0.5, 0.6) is 5.75 Å². The van der Waals surface area contributed by atoms with E-state index < -0.39 is 0 Å². The number of aromatic nitrogens is 2. The molecule has 0 aliphatic carbocycles. The second-order valence-corrected chi connectivity index (χ2v) is 4.99. The largest absolute Gasteiger partial charge is 0.497 e. The summed E-state index contributed by atoms with van der Waals surface area (Å²) < 4.78 is 12.7. The van der Waals surface area contributed by atoms with Gasteiger partial charge in [-0.15, -0.1) is 0 Å². The normalized spacial score (nSPS) is 16.9. The number of benzene rings is 1. The van der Waals surface area contributed by atoms with Crippen LogP contribution in [0.4, 0.5) is 5.95 Å². The summed E-state index contributed by atoms with van der Waals surface area (Å²) in [5.74, 6) is 2.01. The number of anilines is 1. The quantitative estimate of drug-likeness (QED) is 0.918. The Morgan fingerprint density at radius 1 is 1.42 bits per heavy atom. The molecule has 3 rings (SSSR count). The molecular weight excluding hydrogens is 242 g/mol. The summed E-state index contributed by atoms with van der Waals surface area (Å²) >= 11 is 0. The van der Waals surface area contributed by atoms with E-state index in [9.17, 15) is 0 Å². The number of nitrogens with zero attached hydrogens (tertiary/aromatic N) is 2. The van der Waals surface area contributed by atoms with Crippen LogP contribution in [-0.4, -0.2) is 29.9 Å². The van der Waals surface area contributed by atoms with Crippen molar-refractivity contribution in [2.45, 2.75) is 19.4 Å². The monoisotopic (exact) mass is 261 g/mol. The van der Waals surface area contributed by atoms with Crippen LogP contribution < -0.4 is 10.5 Å². The van der Waals surface area contributed by atoms with Gasteiger partial charge in [0.1, 0.15) is 5.75 Å². The van der Waals surface area contributed by atoms with Crippen molar-refractivity contribution in [3.8, 4) is 5.75 Å². The van der Waals surface area contributed by atoms with E-state index in [4.69, 9.17) is 15.2 Å². The average molecular weight is 261 g/mol. The summed E-state index contributed by atoms with van der Waals surface area (Å²) in [4.78, 5) is 4.42. The predicted molar refractivity (Wildman–Crippen MR) is 74.2 cm³/mol. The summed E-state index contributed by atoms with van der Waals surface area (Å²) in [5.41, 5.74) is 8.01. The minimum absolute atomic E-state index is 0.578. The van der Waals surface area contributed by atoms with E-state index in [1.807, 2.05) is 18.2 Å². The molecule has 5 nitrogen and oxygen atoms in total. The van der Waals surface area contributed by atoms with Crippen molar-refractivity contribution in [1.29, 1.82) is 0 Å². The molecule has 0 radical (unpaired) electrons. The zero-order valence-electron chi connectivity index (χ0n) is 11.1. The van der Waals surface area contributed by atoms with Crippen LogP contribution in [-0.2, 0) is 11.3 Å². The maximum Gasteiger partial charge on any atom is 0.201 e. The molecule has 0 saturated carbocycles. The first-order valence-electron chi connectivity index (χ1n) is 6.65. The molecule has 0 unspecified atom stereocenters. The zero-order chi connectivity index (χ0) is 13.2. The Morgan fingerprint density at radius 2 is 2.21 bits per heavy atom. The van der Waals surface area contributed by atoms with Crippen molar-refractivity contribution in [3.63, 3.8) is 0 Å². The number of imidazole rings is 1. The van der Waals surface area contributed by atoms with Gasteiger partial charge in [-0.25, -0.2) is 4.98 Å². The lowest BCUT2D eigenvalue weighted by molar-refractivity contribution is 0.0618.